The first kappa shape index (κ1) is 10.2. The second-order valence-corrected chi connectivity index (χ2v) is 2.61. The largest absolute Gasteiger partial charge is 0.381 e. The van der Waals surface area contributed by atoms with Crippen LogP contribution in [0.2, 0.25) is 0 Å². The Balaban J connectivity index is 0.000000810. The van der Waals surface area contributed by atoms with E-state index >= 15 is 0 Å². The van der Waals surface area contributed by atoms with Crippen LogP contribution in [0, 0.1) is 5.92 Å². The minimum atomic E-state index is 0. The Morgan fingerprint density at radius 2 is 2.30 bits per heavy atom. The lowest BCUT2D eigenvalue weighted by Crippen LogP contribution is -2.44. The molecule has 0 aromatic rings. The number of hydrogen-bond donors (Lipinski definition) is 2. The van der Waals surface area contributed by atoms with Crippen LogP contribution in [0.15, 0.2) is 0 Å². The molecule has 10 heavy (non-hydrogen) atoms. The first-order valence-corrected chi connectivity index (χ1v) is 3.38. The van der Waals surface area contributed by atoms with E-state index in [2.05, 4.69) is 12.3 Å². The van der Waals surface area contributed by atoms with E-state index in [0.29, 0.717) is 12.0 Å². The van der Waals surface area contributed by atoms with Gasteiger partial charge in [0, 0.05) is 12.6 Å². The summed E-state index contributed by atoms with van der Waals surface area (Å²) < 4.78 is 5.22. The number of rotatable bonds is 1. The van der Waals surface area contributed by atoms with Crippen LogP contribution >= 0.6 is 12.4 Å². The van der Waals surface area contributed by atoms with Crippen molar-refractivity contribution in [3.05, 3.63) is 0 Å². The standard InChI is InChI=1S/C6H14N2O.ClH/c1-5-4-9-3-2-6(5)8-7;/h5-6,8H,2-4,7H2,1H3;1H/t5-,6-;/m1./s1. The van der Waals surface area contributed by atoms with Gasteiger partial charge in [0.25, 0.3) is 0 Å². The monoisotopic (exact) mass is 166 g/mol. The molecule has 0 aromatic heterocycles. The molecule has 0 unspecified atom stereocenters. The van der Waals surface area contributed by atoms with Gasteiger partial charge in [-0.05, 0) is 12.3 Å². The van der Waals surface area contributed by atoms with Crippen LogP contribution in [0.25, 0.3) is 0 Å². The molecule has 3 nitrogen and oxygen atoms in total. The van der Waals surface area contributed by atoms with Crippen LogP contribution in [0.1, 0.15) is 13.3 Å². The number of nitrogens with two attached hydrogens (primary N) is 1. The molecule has 1 rings (SSSR count). The van der Waals surface area contributed by atoms with Gasteiger partial charge >= 0.3 is 0 Å². The van der Waals surface area contributed by atoms with Gasteiger partial charge in [0.1, 0.15) is 0 Å². The van der Waals surface area contributed by atoms with E-state index in [4.69, 9.17) is 10.6 Å². The molecule has 1 fully saturated rings. The Hall–Kier alpha value is 0.170. The highest BCUT2D eigenvalue weighted by atomic mass is 35.5. The van der Waals surface area contributed by atoms with Crippen molar-refractivity contribution in [1.82, 2.24) is 5.43 Å². The second-order valence-electron chi connectivity index (χ2n) is 2.61. The summed E-state index contributed by atoms with van der Waals surface area (Å²) in [7, 11) is 0. The third-order valence-corrected chi connectivity index (χ3v) is 1.85. The summed E-state index contributed by atoms with van der Waals surface area (Å²) in [4.78, 5) is 0. The molecule has 62 valence electrons. The third kappa shape index (κ3) is 2.42. The first-order chi connectivity index (χ1) is 4.34. The molecule has 0 amide bonds. The zero-order valence-electron chi connectivity index (χ0n) is 6.17. The minimum Gasteiger partial charge on any atom is -0.381 e. The molecule has 0 bridgehead atoms. The molecule has 1 aliphatic heterocycles. The summed E-state index contributed by atoms with van der Waals surface area (Å²) in [6.45, 7) is 3.83. The quantitative estimate of drug-likeness (QED) is 0.435. The van der Waals surface area contributed by atoms with Gasteiger partial charge in [-0.2, -0.15) is 0 Å². The maximum atomic E-state index is 5.29. The number of hydrogen-bond acceptors (Lipinski definition) is 3. The van der Waals surface area contributed by atoms with Crippen LogP contribution < -0.4 is 11.3 Å². The number of hydrazine groups is 1. The van der Waals surface area contributed by atoms with Crippen molar-refractivity contribution in [1.29, 1.82) is 0 Å². The highest BCUT2D eigenvalue weighted by Crippen LogP contribution is 2.12. The lowest BCUT2D eigenvalue weighted by atomic mass is 9.99. The Bertz CT molecular complexity index is 91.8. The molecule has 2 atom stereocenters. The van der Waals surface area contributed by atoms with E-state index in [1.165, 1.54) is 0 Å². The number of ether oxygens (including phenoxy) is 1. The van der Waals surface area contributed by atoms with E-state index in [9.17, 15) is 0 Å². The van der Waals surface area contributed by atoms with Crippen LogP contribution in [-0.4, -0.2) is 19.3 Å². The number of nitrogens with one attached hydrogen (secondary N) is 1. The normalized spacial score (nSPS) is 33.0. The summed E-state index contributed by atoms with van der Waals surface area (Å²) in [5.41, 5.74) is 2.77. The van der Waals surface area contributed by atoms with Crippen molar-refractivity contribution >= 4 is 12.4 Å². The van der Waals surface area contributed by atoms with Crippen LogP contribution in [-0.2, 0) is 4.74 Å². The Morgan fingerprint density at radius 1 is 1.60 bits per heavy atom. The van der Waals surface area contributed by atoms with Gasteiger partial charge in [-0.15, -0.1) is 12.4 Å². The van der Waals surface area contributed by atoms with Crippen molar-refractivity contribution in [3.63, 3.8) is 0 Å². The highest BCUT2D eigenvalue weighted by molar-refractivity contribution is 5.85. The fourth-order valence-corrected chi connectivity index (χ4v) is 1.13. The second kappa shape index (κ2) is 4.91. The zero-order chi connectivity index (χ0) is 6.69. The SMILES string of the molecule is C[C@@H]1COCC[C@H]1NN.Cl. The Labute approximate surface area is 67.7 Å². The fourth-order valence-electron chi connectivity index (χ4n) is 1.13. The molecule has 1 aliphatic rings. The third-order valence-electron chi connectivity index (χ3n) is 1.85. The predicted octanol–water partition coefficient (Wildman–Crippen LogP) is 0.297. The van der Waals surface area contributed by atoms with E-state index in [0.717, 1.165) is 19.6 Å². The first-order valence-electron chi connectivity index (χ1n) is 3.38. The van der Waals surface area contributed by atoms with Crippen molar-refractivity contribution in [2.75, 3.05) is 13.2 Å². The maximum Gasteiger partial charge on any atom is 0.0507 e. The van der Waals surface area contributed by atoms with Crippen molar-refractivity contribution < 1.29 is 4.74 Å². The van der Waals surface area contributed by atoms with Crippen molar-refractivity contribution in [2.45, 2.75) is 19.4 Å². The smallest absolute Gasteiger partial charge is 0.0507 e. The van der Waals surface area contributed by atoms with Crippen LogP contribution in [0.3, 0.4) is 0 Å². The molecule has 3 N–H and O–H groups in total. The fraction of sp³-hybridized carbons (Fsp3) is 1.00. The van der Waals surface area contributed by atoms with Crippen molar-refractivity contribution in [3.8, 4) is 0 Å². The van der Waals surface area contributed by atoms with Crippen LogP contribution in [0.5, 0.6) is 0 Å². The minimum absolute atomic E-state index is 0. The van der Waals surface area contributed by atoms with E-state index in [-0.39, 0.29) is 12.4 Å². The van der Waals surface area contributed by atoms with Gasteiger partial charge in [-0.3, -0.25) is 11.3 Å². The molecule has 0 aromatic carbocycles. The maximum absolute atomic E-state index is 5.29. The van der Waals surface area contributed by atoms with Crippen LogP contribution in [0.4, 0.5) is 0 Å². The summed E-state index contributed by atoms with van der Waals surface area (Å²) >= 11 is 0. The molecule has 4 heteroatoms. The van der Waals surface area contributed by atoms with Gasteiger partial charge in [0.2, 0.25) is 0 Å². The Morgan fingerprint density at radius 3 is 2.70 bits per heavy atom. The highest BCUT2D eigenvalue weighted by Gasteiger charge is 2.19. The van der Waals surface area contributed by atoms with E-state index in [1.54, 1.807) is 0 Å². The van der Waals surface area contributed by atoms with Gasteiger partial charge in [0.15, 0.2) is 0 Å². The molecule has 0 spiro atoms. The zero-order valence-corrected chi connectivity index (χ0v) is 6.99. The van der Waals surface area contributed by atoms with Gasteiger partial charge in [-0.1, -0.05) is 6.92 Å². The van der Waals surface area contributed by atoms with E-state index in [1.807, 2.05) is 0 Å². The summed E-state index contributed by atoms with van der Waals surface area (Å²) in [5.74, 6) is 5.85. The molecule has 0 saturated carbocycles. The summed E-state index contributed by atoms with van der Waals surface area (Å²) in [6.07, 6.45) is 1.04. The molecule has 1 heterocycles. The molecular weight excluding hydrogens is 152 g/mol. The van der Waals surface area contributed by atoms with Gasteiger partial charge in [0.05, 0.1) is 6.61 Å². The Kier molecular flexibility index (Phi) is 4.99. The van der Waals surface area contributed by atoms with Gasteiger partial charge in [-0.25, -0.2) is 0 Å². The average Bonchev–Trinajstić information content (AvgIpc) is 1.89. The average molecular weight is 167 g/mol. The van der Waals surface area contributed by atoms with Crippen molar-refractivity contribution in [2.24, 2.45) is 11.8 Å². The topological polar surface area (TPSA) is 47.3 Å². The van der Waals surface area contributed by atoms with E-state index < -0.39 is 0 Å². The molecule has 1 saturated heterocycles. The molecular formula is C6H15ClN2O. The summed E-state index contributed by atoms with van der Waals surface area (Å²) in [5, 5.41) is 0. The molecule has 0 radical (unpaired) electrons. The summed E-state index contributed by atoms with van der Waals surface area (Å²) in [6, 6.07) is 0.457. The lowest BCUT2D eigenvalue weighted by Gasteiger charge is -2.27. The lowest BCUT2D eigenvalue weighted by molar-refractivity contribution is 0.0392. The molecule has 0 aliphatic carbocycles. The number of halogens is 1. The predicted molar refractivity (Wildman–Crippen MR) is 43.0 cm³/mol. The van der Waals surface area contributed by atoms with Gasteiger partial charge < -0.3 is 4.74 Å².